The Balaban J connectivity index is 1.21. The van der Waals surface area contributed by atoms with Gasteiger partial charge < -0.3 is 23.7 Å². The number of nitrogens with zero attached hydrogens (tertiary/aromatic N) is 2. The highest BCUT2D eigenvalue weighted by atomic mass is 16.5. The molecule has 8 nitrogen and oxygen atoms in total. The largest absolute Gasteiger partial charge is 0.461 e. The molecular formula is C19H25N3O5. The number of amides is 1. The molecule has 146 valence electrons. The van der Waals surface area contributed by atoms with E-state index in [4.69, 9.17) is 18.4 Å². The minimum Gasteiger partial charge on any atom is -0.461 e. The third-order valence-electron chi connectivity index (χ3n) is 5.27. The second-order valence-electron chi connectivity index (χ2n) is 7.24. The second-order valence-corrected chi connectivity index (χ2v) is 7.24. The van der Waals surface area contributed by atoms with E-state index >= 15 is 0 Å². The van der Waals surface area contributed by atoms with Crippen molar-refractivity contribution in [3.8, 4) is 11.6 Å². The van der Waals surface area contributed by atoms with Gasteiger partial charge in [0.15, 0.2) is 5.76 Å². The Labute approximate surface area is 157 Å². The Bertz CT molecular complexity index is 731. The van der Waals surface area contributed by atoms with Gasteiger partial charge in [-0.2, -0.15) is 4.98 Å². The summed E-state index contributed by atoms with van der Waals surface area (Å²) in [5.74, 6) is 1.59. The Hall–Kier alpha value is -2.19. The van der Waals surface area contributed by atoms with Crippen LogP contribution >= 0.6 is 0 Å². The number of rotatable bonds is 6. The van der Waals surface area contributed by atoms with Gasteiger partial charge in [0, 0.05) is 38.7 Å². The molecule has 1 unspecified atom stereocenters. The van der Waals surface area contributed by atoms with Crippen LogP contribution in [0.2, 0.25) is 0 Å². The van der Waals surface area contributed by atoms with Crippen LogP contribution in [0.4, 0.5) is 0 Å². The monoisotopic (exact) mass is 375 g/mol. The second kappa shape index (κ2) is 8.22. The average Bonchev–Trinajstić information content (AvgIpc) is 3.34. The highest BCUT2D eigenvalue weighted by Crippen LogP contribution is 2.34. The van der Waals surface area contributed by atoms with Gasteiger partial charge in [-0.3, -0.25) is 4.79 Å². The fraction of sp³-hybridized carbons (Fsp3) is 0.632. The van der Waals surface area contributed by atoms with Gasteiger partial charge in [0.25, 0.3) is 0 Å². The summed E-state index contributed by atoms with van der Waals surface area (Å²) >= 11 is 0. The van der Waals surface area contributed by atoms with Crippen LogP contribution in [-0.4, -0.2) is 47.5 Å². The average molecular weight is 375 g/mol. The molecule has 8 heteroatoms. The van der Waals surface area contributed by atoms with Crippen LogP contribution in [0.3, 0.4) is 0 Å². The number of furan rings is 1. The lowest BCUT2D eigenvalue weighted by molar-refractivity contribution is -0.144. The molecule has 1 atom stereocenters. The molecule has 27 heavy (non-hydrogen) atoms. The zero-order valence-corrected chi connectivity index (χ0v) is 15.3. The third-order valence-corrected chi connectivity index (χ3v) is 5.27. The molecule has 2 saturated heterocycles. The molecule has 2 fully saturated rings. The van der Waals surface area contributed by atoms with E-state index in [0.29, 0.717) is 43.3 Å². The summed E-state index contributed by atoms with van der Waals surface area (Å²) in [5.41, 5.74) is -0.111. The molecule has 0 aliphatic carbocycles. The van der Waals surface area contributed by atoms with E-state index in [9.17, 15) is 4.79 Å². The Morgan fingerprint density at radius 2 is 2.19 bits per heavy atom. The summed E-state index contributed by atoms with van der Waals surface area (Å²) in [6, 6.07) is 3.73. The zero-order chi connectivity index (χ0) is 18.5. The first kappa shape index (κ1) is 18.2. The number of carbonyl (C=O) groups is 1. The van der Waals surface area contributed by atoms with Crippen LogP contribution in [0.15, 0.2) is 27.3 Å². The number of aromatic nitrogens is 2. The van der Waals surface area contributed by atoms with E-state index in [1.54, 1.807) is 18.4 Å². The van der Waals surface area contributed by atoms with Gasteiger partial charge in [-0.25, -0.2) is 0 Å². The zero-order valence-electron chi connectivity index (χ0n) is 15.3. The third kappa shape index (κ3) is 4.56. The molecular weight excluding hydrogens is 350 g/mol. The molecule has 0 aromatic carbocycles. The van der Waals surface area contributed by atoms with Gasteiger partial charge in [0.1, 0.15) is 0 Å². The van der Waals surface area contributed by atoms with Crippen LogP contribution in [0.5, 0.6) is 0 Å². The first-order chi connectivity index (χ1) is 13.2. The number of ether oxygens (including phenoxy) is 2. The summed E-state index contributed by atoms with van der Waals surface area (Å²) in [6.45, 7) is 2.18. The van der Waals surface area contributed by atoms with Crippen molar-refractivity contribution in [3.63, 3.8) is 0 Å². The lowest BCUT2D eigenvalue weighted by Crippen LogP contribution is -2.51. The van der Waals surface area contributed by atoms with Crippen molar-refractivity contribution in [3.05, 3.63) is 24.3 Å². The van der Waals surface area contributed by atoms with E-state index < -0.39 is 0 Å². The molecule has 4 heterocycles. The fourth-order valence-electron chi connectivity index (χ4n) is 3.81. The maximum Gasteiger partial charge on any atom is 0.238 e. The van der Waals surface area contributed by atoms with Crippen molar-refractivity contribution in [2.45, 2.75) is 56.6 Å². The SMILES string of the molecule is O=C(CCCc1nc(-c2ccco2)no1)NC1CCOC2(CCOCC2)C1. The molecule has 0 saturated carbocycles. The van der Waals surface area contributed by atoms with Crippen LogP contribution in [0.25, 0.3) is 11.6 Å². The van der Waals surface area contributed by atoms with Gasteiger partial charge >= 0.3 is 0 Å². The van der Waals surface area contributed by atoms with Gasteiger partial charge in [0.05, 0.1) is 11.9 Å². The maximum absolute atomic E-state index is 12.3. The predicted octanol–water partition coefficient (Wildman–Crippen LogP) is 2.50. The molecule has 2 aliphatic heterocycles. The lowest BCUT2D eigenvalue weighted by Gasteiger charge is -2.43. The minimum absolute atomic E-state index is 0.0647. The van der Waals surface area contributed by atoms with Gasteiger partial charge in [-0.05, 0) is 44.2 Å². The number of hydrogen-bond acceptors (Lipinski definition) is 7. The molecule has 0 bridgehead atoms. The molecule has 2 aliphatic rings. The van der Waals surface area contributed by atoms with Gasteiger partial charge in [-0.1, -0.05) is 5.16 Å². The summed E-state index contributed by atoms with van der Waals surface area (Å²) in [7, 11) is 0. The Morgan fingerprint density at radius 1 is 1.30 bits per heavy atom. The quantitative estimate of drug-likeness (QED) is 0.828. The van der Waals surface area contributed by atoms with Crippen LogP contribution in [0, 0.1) is 0 Å². The molecule has 2 aromatic rings. The first-order valence-corrected chi connectivity index (χ1v) is 9.60. The number of nitrogens with one attached hydrogen (secondary N) is 1. The summed E-state index contributed by atoms with van der Waals surface area (Å²) in [5, 5.41) is 7.06. The fourth-order valence-corrected chi connectivity index (χ4v) is 3.81. The first-order valence-electron chi connectivity index (χ1n) is 9.60. The van der Waals surface area contributed by atoms with E-state index in [2.05, 4.69) is 15.5 Å². The maximum atomic E-state index is 12.3. The topological polar surface area (TPSA) is 99.6 Å². The molecule has 2 aromatic heterocycles. The van der Waals surface area contributed by atoms with Crippen molar-refractivity contribution < 1.29 is 23.2 Å². The Kier molecular flexibility index (Phi) is 5.54. The number of carbonyl (C=O) groups excluding carboxylic acids is 1. The van der Waals surface area contributed by atoms with Crippen molar-refractivity contribution in [1.82, 2.24) is 15.5 Å². The van der Waals surface area contributed by atoms with Gasteiger partial charge in [-0.15, -0.1) is 0 Å². The molecule has 0 radical (unpaired) electrons. The molecule has 1 N–H and O–H groups in total. The lowest BCUT2D eigenvalue weighted by atomic mass is 9.84. The van der Waals surface area contributed by atoms with Crippen LogP contribution in [-0.2, 0) is 20.7 Å². The number of aryl methyl sites for hydroxylation is 1. The van der Waals surface area contributed by atoms with E-state index in [0.717, 1.165) is 38.9 Å². The summed E-state index contributed by atoms with van der Waals surface area (Å²) < 4.78 is 21.9. The van der Waals surface area contributed by atoms with Crippen molar-refractivity contribution in [2.24, 2.45) is 0 Å². The van der Waals surface area contributed by atoms with Crippen molar-refractivity contribution in [1.29, 1.82) is 0 Å². The standard InChI is InChI=1S/C19H25N3O5/c23-16(20-14-6-10-26-19(13-14)7-11-24-12-8-19)4-1-5-17-21-18(22-27-17)15-3-2-9-25-15/h2-3,9,14H,1,4-8,10-13H2,(H,20,23). The van der Waals surface area contributed by atoms with E-state index in [1.807, 2.05) is 0 Å². The smallest absolute Gasteiger partial charge is 0.238 e. The summed E-state index contributed by atoms with van der Waals surface area (Å²) in [6.07, 6.45) is 6.79. The van der Waals surface area contributed by atoms with E-state index in [1.165, 1.54) is 0 Å². The molecule has 1 amide bonds. The summed E-state index contributed by atoms with van der Waals surface area (Å²) in [4.78, 5) is 16.6. The highest BCUT2D eigenvalue weighted by molar-refractivity contribution is 5.76. The van der Waals surface area contributed by atoms with Gasteiger partial charge in [0.2, 0.25) is 17.6 Å². The Morgan fingerprint density at radius 3 is 3.00 bits per heavy atom. The van der Waals surface area contributed by atoms with Crippen LogP contribution < -0.4 is 5.32 Å². The van der Waals surface area contributed by atoms with Crippen LogP contribution in [0.1, 0.15) is 44.4 Å². The predicted molar refractivity (Wildman–Crippen MR) is 94.8 cm³/mol. The minimum atomic E-state index is -0.111. The van der Waals surface area contributed by atoms with Crippen molar-refractivity contribution in [2.75, 3.05) is 19.8 Å². The normalized spacial score (nSPS) is 22.0. The van der Waals surface area contributed by atoms with E-state index in [-0.39, 0.29) is 17.6 Å². The molecule has 1 spiro atoms. The van der Waals surface area contributed by atoms with Crippen molar-refractivity contribution >= 4 is 5.91 Å². The highest BCUT2D eigenvalue weighted by Gasteiger charge is 2.39. The number of hydrogen-bond donors (Lipinski definition) is 1. The molecule has 4 rings (SSSR count).